The van der Waals surface area contributed by atoms with Gasteiger partial charge < -0.3 is 9.64 Å². The maximum absolute atomic E-state index is 12.8. The number of carbonyl (C=O) groups excluding carboxylic acids is 1. The molecule has 1 heterocycles. The van der Waals surface area contributed by atoms with Gasteiger partial charge in [-0.3, -0.25) is 4.79 Å². The van der Waals surface area contributed by atoms with Crippen LogP contribution in [0.3, 0.4) is 0 Å². The number of halogens is 3. The van der Waals surface area contributed by atoms with E-state index < -0.39 is 11.7 Å². The fourth-order valence-corrected chi connectivity index (χ4v) is 2.55. The van der Waals surface area contributed by atoms with Crippen LogP contribution in [-0.4, -0.2) is 25.7 Å². The van der Waals surface area contributed by atoms with E-state index in [0.29, 0.717) is 12.0 Å². The zero-order valence-electron chi connectivity index (χ0n) is 15.0. The lowest BCUT2D eigenvalue weighted by Gasteiger charge is -2.22. The van der Waals surface area contributed by atoms with Crippen molar-refractivity contribution in [3.05, 3.63) is 28.8 Å². The highest BCUT2D eigenvalue weighted by Crippen LogP contribution is 2.37. The van der Waals surface area contributed by atoms with Gasteiger partial charge in [0.05, 0.1) is 5.56 Å². The number of hydrogen-bond acceptors (Lipinski definition) is 3. The second kappa shape index (κ2) is 7.90. The molecule has 1 aliphatic heterocycles. The summed E-state index contributed by atoms with van der Waals surface area (Å²) >= 11 is 0. The summed E-state index contributed by atoms with van der Waals surface area (Å²) in [5.74, 6) is 0. The maximum Gasteiger partial charge on any atom is 0.416 e. The van der Waals surface area contributed by atoms with Crippen molar-refractivity contribution in [3.8, 4) is 0 Å². The summed E-state index contributed by atoms with van der Waals surface area (Å²) < 4.78 is 43.0. The van der Waals surface area contributed by atoms with Gasteiger partial charge in [0, 0.05) is 19.3 Å². The first kappa shape index (κ1) is 20.3. The van der Waals surface area contributed by atoms with Gasteiger partial charge in [-0.05, 0) is 64.2 Å². The van der Waals surface area contributed by atoms with Gasteiger partial charge in [0.15, 0.2) is 0 Å². The summed E-state index contributed by atoms with van der Waals surface area (Å²) in [6, 6.07) is 3.00. The number of rotatable bonds is 1. The first-order chi connectivity index (χ1) is 11.0. The Kier molecular flexibility index (Phi) is 6.69. The minimum Gasteiger partial charge on any atom is -0.462 e. The molecule has 24 heavy (non-hydrogen) atoms. The van der Waals surface area contributed by atoms with Crippen LogP contribution in [-0.2, 0) is 22.1 Å². The average Bonchev–Trinajstić information content (AvgIpc) is 2.58. The average molecular weight is 345 g/mol. The molecule has 0 amide bonds. The Morgan fingerprint density at radius 3 is 2.25 bits per heavy atom. The molecule has 1 aromatic rings. The summed E-state index contributed by atoms with van der Waals surface area (Å²) in [5.41, 5.74) is 1.27. The molecule has 0 radical (unpaired) electrons. The Hall–Kier alpha value is -1.72. The summed E-state index contributed by atoms with van der Waals surface area (Å²) in [7, 11) is 1.86. The largest absolute Gasteiger partial charge is 0.462 e. The van der Waals surface area contributed by atoms with Crippen LogP contribution < -0.4 is 4.90 Å². The van der Waals surface area contributed by atoms with Crippen LogP contribution in [0.25, 0.3) is 0 Å². The van der Waals surface area contributed by atoms with Crippen LogP contribution in [0.4, 0.5) is 18.9 Å². The van der Waals surface area contributed by atoms with Crippen LogP contribution in [0.2, 0.25) is 0 Å². The molecule has 0 aliphatic carbocycles. The Morgan fingerprint density at radius 2 is 1.79 bits per heavy atom. The number of benzene rings is 1. The van der Waals surface area contributed by atoms with Crippen LogP contribution in [0.5, 0.6) is 0 Å². The number of alkyl halides is 3. The summed E-state index contributed by atoms with van der Waals surface area (Å²) in [6.07, 6.45) is -1.31. The molecule has 0 bridgehead atoms. The van der Waals surface area contributed by atoms with Gasteiger partial charge in [-0.15, -0.1) is 0 Å². The van der Waals surface area contributed by atoms with E-state index in [9.17, 15) is 18.0 Å². The highest BCUT2D eigenvalue weighted by molar-refractivity contribution is 5.58. The van der Waals surface area contributed by atoms with Crippen molar-refractivity contribution in [2.24, 2.45) is 0 Å². The van der Waals surface area contributed by atoms with Gasteiger partial charge >= 0.3 is 6.18 Å². The minimum absolute atomic E-state index is 0.318. The monoisotopic (exact) mass is 345 g/mol. The predicted octanol–water partition coefficient (Wildman–Crippen LogP) is 4.74. The van der Waals surface area contributed by atoms with Gasteiger partial charge in [-0.25, -0.2) is 0 Å². The van der Waals surface area contributed by atoms with E-state index in [1.165, 1.54) is 13.0 Å². The second-order valence-corrected chi connectivity index (χ2v) is 7.00. The van der Waals surface area contributed by atoms with Crippen molar-refractivity contribution < 1.29 is 22.7 Å². The lowest BCUT2D eigenvalue weighted by molar-refractivity contribution is -0.139. The van der Waals surface area contributed by atoms with Crippen molar-refractivity contribution in [1.82, 2.24) is 0 Å². The number of fused-ring (bicyclic) bond motifs is 1. The molecule has 0 aromatic heterocycles. The Balaban J connectivity index is 0.000000351. The molecular formula is C18H26F3NO2. The Bertz CT molecular complexity index is 563. The van der Waals surface area contributed by atoms with Crippen LogP contribution in [0.15, 0.2) is 12.1 Å². The molecule has 0 unspecified atom stereocenters. The van der Waals surface area contributed by atoms with E-state index in [1.54, 1.807) is 6.07 Å². The van der Waals surface area contributed by atoms with Gasteiger partial charge in [0.25, 0.3) is 6.47 Å². The Morgan fingerprint density at radius 1 is 1.17 bits per heavy atom. The van der Waals surface area contributed by atoms with Gasteiger partial charge in [0.2, 0.25) is 0 Å². The third-order valence-electron chi connectivity index (χ3n) is 3.73. The van der Waals surface area contributed by atoms with E-state index in [4.69, 9.17) is 0 Å². The van der Waals surface area contributed by atoms with E-state index in [0.717, 1.165) is 37.1 Å². The standard InChI is InChI=1S/C13H16F3N.C5H10O2/c1-9-7-10-5-3-4-6-17(2)12(10)8-11(9)13(14,15)16;1-5(2,3)7-4-6/h7-8H,3-6H2,1-2H3;4H,1-3H3. The van der Waals surface area contributed by atoms with Gasteiger partial charge in [-0.2, -0.15) is 13.2 Å². The lowest BCUT2D eigenvalue weighted by Crippen LogP contribution is -2.19. The van der Waals surface area contributed by atoms with Crippen molar-refractivity contribution in [1.29, 1.82) is 0 Å². The fraction of sp³-hybridized carbons (Fsp3) is 0.611. The molecule has 1 aromatic carbocycles. The van der Waals surface area contributed by atoms with Gasteiger partial charge in [-0.1, -0.05) is 6.07 Å². The quantitative estimate of drug-likeness (QED) is 0.688. The number of hydrogen-bond donors (Lipinski definition) is 0. The first-order valence-corrected chi connectivity index (χ1v) is 7.99. The Labute approximate surface area is 141 Å². The smallest absolute Gasteiger partial charge is 0.416 e. The summed E-state index contributed by atoms with van der Waals surface area (Å²) in [5, 5.41) is 0. The van der Waals surface area contributed by atoms with E-state index in [2.05, 4.69) is 4.74 Å². The fourth-order valence-electron chi connectivity index (χ4n) is 2.55. The first-order valence-electron chi connectivity index (χ1n) is 7.99. The normalized spacial score (nSPS) is 14.9. The highest BCUT2D eigenvalue weighted by atomic mass is 19.4. The van der Waals surface area contributed by atoms with E-state index in [1.807, 2.05) is 32.7 Å². The van der Waals surface area contributed by atoms with Gasteiger partial charge in [0.1, 0.15) is 5.60 Å². The van der Waals surface area contributed by atoms with Crippen molar-refractivity contribution in [2.45, 2.75) is 58.7 Å². The third kappa shape index (κ3) is 6.06. The van der Waals surface area contributed by atoms with Crippen LogP contribution in [0, 0.1) is 6.92 Å². The number of anilines is 1. The molecule has 2 rings (SSSR count). The molecular weight excluding hydrogens is 319 g/mol. The molecule has 0 saturated carbocycles. The number of aryl methyl sites for hydroxylation is 2. The molecule has 1 aliphatic rings. The number of ether oxygens (including phenoxy) is 1. The second-order valence-electron chi connectivity index (χ2n) is 7.00. The molecule has 0 atom stereocenters. The summed E-state index contributed by atoms with van der Waals surface area (Å²) in [6.45, 7) is 8.28. The van der Waals surface area contributed by atoms with Crippen LogP contribution in [0.1, 0.15) is 50.3 Å². The maximum atomic E-state index is 12.8. The van der Waals surface area contributed by atoms with E-state index in [-0.39, 0.29) is 5.60 Å². The zero-order chi connectivity index (χ0) is 18.5. The molecule has 0 N–H and O–H groups in total. The minimum atomic E-state index is -4.26. The molecule has 0 spiro atoms. The molecule has 136 valence electrons. The van der Waals surface area contributed by atoms with E-state index >= 15 is 0 Å². The topological polar surface area (TPSA) is 29.5 Å². The van der Waals surface area contributed by atoms with Crippen LogP contribution >= 0.6 is 0 Å². The van der Waals surface area contributed by atoms with Crippen molar-refractivity contribution >= 4 is 12.2 Å². The van der Waals surface area contributed by atoms with Crippen molar-refractivity contribution in [2.75, 3.05) is 18.5 Å². The number of carbonyl (C=O) groups is 1. The SMILES string of the molecule is CC(C)(C)OC=O.Cc1cc2c(cc1C(F)(F)F)N(C)CCCC2. The zero-order valence-corrected chi connectivity index (χ0v) is 15.0. The highest BCUT2D eigenvalue weighted by Gasteiger charge is 2.33. The molecule has 0 saturated heterocycles. The lowest BCUT2D eigenvalue weighted by atomic mass is 9.99. The van der Waals surface area contributed by atoms with Crippen molar-refractivity contribution in [3.63, 3.8) is 0 Å². The molecule has 0 fully saturated rings. The molecule has 3 nitrogen and oxygen atoms in total. The number of nitrogens with zero attached hydrogens (tertiary/aromatic N) is 1. The predicted molar refractivity (Wildman–Crippen MR) is 89.3 cm³/mol. The summed E-state index contributed by atoms with van der Waals surface area (Å²) in [4.78, 5) is 11.5. The molecule has 6 heteroatoms. The third-order valence-corrected chi connectivity index (χ3v) is 3.73.